The number of para-hydroxylation sites is 1. The summed E-state index contributed by atoms with van der Waals surface area (Å²) in [6.45, 7) is 0.653. The predicted octanol–water partition coefficient (Wildman–Crippen LogP) is 2.27. The first kappa shape index (κ1) is 22.4. The van der Waals surface area contributed by atoms with Gasteiger partial charge in [0.2, 0.25) is 17.7 Å². The van der Waals surface area contributed by atoms with E-state index in [1.807, 2.05) is 0 Å². The number of pyridine rings is 1. The van der Waals surface area contributed by atoms with Gasteiger partial charge in [-0.25, -0.2) is 9.37 Å². The molecule has 0 aliphatic carbocycles. The summed E-state index contributed by atoms with van der Waals surface area (Å²) in [5, 5.41) is 5.32. The maximum Gasteiger partial charge on any atom is 0.240 e. The monoisotopic (exact) mass is 428 g/mol. The van der Waals surface area contributed by atoms with E-state index in [0.29, 0.717) is 19.0 Å². The van der Waals surface area contributed by atoms with Gasteiger partial charge in [0.05, 0.1) is 11.8 Å². The van der Waals surface area contributed by atoms with Crippen molar-refractivity contribution in [3.8, 4) is 0 Å². The number of halogens is 1. The lowest BCUT2D eigenvalue weighted by molar-refractivity contribution is -0.125. The van der Waals surface area contributed by atoms with Gasteiger partial charge in [-0.3, -0.25) is 14.4 Å². The average Bonchev–Trinajstić information content (AvgIpc) is 3.29. The van der Waals surface area contributed by atoms with Crippen molar-refractivity contribution in [1.82, 2.24) is 10.3 Å². The van der Waals surface area contributed by atoms with Gasteiger partial charge in [0.1, 0.15) is 18.2 Å². The molecule has 31 heavy (non-hydrogen) atoms. The van der Waals surface area contributed by atoms with Crippen molar-refractivity contribution in [2.45, 2.75) is 31.8 Å². The highest BCUT2D eigenvalue weighted by molar-refractivity contribution is 6.01. The standard InChI is InChI=1S/C22H25FN4O4/c23-17-7-1-2-8-18(17)27(15-21(29)25-14-16-6-5-13-31-16)22(30)11-10-20(28)26-19-9-3-4-12-24-19/h1-4,7-9,12,16H,5-6,10-11,13-15H2,(H,25,29)(H,24,26,28). The number of hydrogen-bond donors (Lipinski definition) is 2. The van der Waals surface area contributed by atoms with E-state index in [-0.39, 0.29) is 31.2 Å². The van der Waals surface area contributed by atoms with Crippen molar-refractivity contribution in [3.05, 3.63) is 54.5 Å². The van der Waals surface area contributed by atoms with Gasteiger partial charge in [-0.2, -0.15) is 0 Å². The van der Waals surface area contributed by atoms with Crippen LogP contribution in [0.2, 0.25) is 0 Å². The van der Waals surface area contributed by atoms with Crippen molar-refractivity contribution >= 4 is 29.2 Å². The second-order valence-corrected chi connectivity index (χ2v) is 7.13. The van der Waals surface area contributed by atoms with Crippen LogP contribution in [-0.2, 0) is 19.1 Å². The molecule has 2 aromatic rings. The summed E-state index contributed by atoms with van der Waals surface area (Å²) in [5.74, 6) is -1.61. The Labute approximate surface area is 179 Å². The Balaban J connectivity index is 1.60. The third-order valence-corrected chi connectivity index (χ3v) is 4.80. The molecule has 1 unspecified atom stereocenters. The Morgan fingerprint density at radius 1 is 1.10 bits per heavy atom. The molecule has 1 fully saturated rings. The highest BCUT2D eigenvalue weighted by Crippen LogP contribution is 2.20. The number of aromatic nitrogens is 1. The van der Waals surface area contributed by atoms with Crippen LogP contribution < -0.4 is 15.5 Å². The molecule has 1 atom stereocenters. The van der Waals surface area contributed by atoms with E-state index < -0.39 is 23.5 Å². The SMILES string of the molecule is O=C(CN(C(=O)CCC(=O)Nc1ccccn1)c1ccccc1F)NCC1CCCO1. The van der Waals surface area contributed by atoms with Gasteiger partial charge >= 0.3 is 0 Å². The van der Waals surface area contributed by atoms with E-state index in [1.54, 1.807) is 24.3 Å². The molecule has 1 saturated heterocycles. The summed E-state index contributed by atoms with van der Waals surface area (Å²) in [6, 6.07) is 10.8. The van der Waals surface area contributed by atoms with Gasteiger partial charge in [0, 0.05) is 32.2 Å². The van der Waals surface area contributed by atoms with Crippen LogP contribution in [0.5, 0.6) is 0 Å². The molecule has 0 bridgehead atoms. The van der Waals surface area contributed by atoms with Crippen molar-refractivity contribution < 1.29 is 23.5 Å². The number of nitrogens with zero attached hydrogens (tertiary/aromatic N) is 2. The Morgan fingerprint density at radius 3 is 2.61 bits per heavy atom. The average molecular weight is 428 g/mol. The highest BCUT2D eigenvalue weighted by Gasteiger charge is 2.23. The van der Waals surface area contributed by atoms with Gasteiger partial charge in [0.15, 0.2) is 0 Å². The molecule has 2 heterocycles. The molecule has 0 radical (unpaired) electrons. The Kier molecular flexibility index (Phi) is 8.05. The maximum atomic E-state index is 14.3. The first-order valence-corrected chi connectivity index (χ1v) is 10.2. The minimum absolute atomic E-state index is 0.00935. The molecule has 164 valence electrons. The number of hydrogen-bond acceptors (Lipinski definition) is 5. The lowest BCUT2D eigenvalue weighted by Crippen LogP contribution is -2.43. The van der Waals surface area contributed by atoms with Crippen molar-refractivity contribution in [3.63, 3.8) is 0 Å². The molecule has 3 rings (SSSR count). The fourth-order valence-electron chi connectivity index (χ4n) is 3.21. The van der Waals surface area contributed by atoms with E-state index >= 15 is 0 Å². The van der Waals surface area contributed by atoms with Crippen molar-refractivity contribution in [2.24, 2.45) is 0 Å². The molecular formula is C22H25FN4O4. The lowest BCUT2D eigenvalue weighted by atomic mass is 10.2. The van der Waals surface area contributed by atoms with E-state index in [2.05, 4.69) is 15.6 Å². The summed E-state index contributed by atoms with van der Waals surface area (Å²) in [6.07, 6.45) is 2.99. The number of carbonyl (C=O) groups is 3. The smallest absolute Gasteiger partial charge is 0.240 e. The van der Waals surface area contributed by atoms with Crippen molar-refractivity contribution in [2.75, 3.05) is 29.9 Å². The molecule has 3 amide bonds. The molecule has 0 saturated carbocycles. The summed E-state index contributed by atoms with van der Waals surface area (Å²) in [5.41, 5.74) is -0.00935. The summed E-state index contributed by atoms with van der Waals surface area (Å²) >= 11 is 0. The Hall–Kier alpha value is -3.33. The van der Waals surface area contributed by atoms with Crippen LogP contribution in [0.1, 0.15) is 25.7 Å². The van der Waals surface area contributed by atoms with Crippen LogP contribution in [0, 0.1) is 5.82 Å². The number of ether oxygens (including phenoxy) is 1. The van der Waals surface area contributed by atoms with Crippen molar-refractivity contribution in [1.29, 1.82) is 0 Å². The second kappa shape index (κ2) is 11.2. The first-order valence-electron chi connectivity index (χ1n) is 10.2. The van der Waals surface area contributed by atoms with Crippen LogP contribution >= 0.6 is 0 Å². The molecule has 1 aliphatic heterocycles. The van der Waals surface area contributed by atoms with Gasteiger partial charge < -0.3 is 20.3 Å². The molecular weight excluding hydrogens is 403 g/mol. The zero-order valence-corrected chi connectivity index (χ0v) is 17.1. The number of anilines is 2. The van der Waals surface area contributed by atoms with Crippen LogP contribution in [0.4, 0.5) is 15.9 Å². The fourth-order valence-corrected chi connectivity index (χ4v) is 3.21. The molecule has 2 N–H and O–H groups in total. The van der Waals surface area contributed by atoms with Gasteiger partial charge in [0.25, 0.3) is 0 Å². The quantitative estimate of drug-likeness (QED) is 0.638. The molecule has 1 aromatic heterocycles. The topological polar surface area (TPSA) is 101 Å². The normalized spacial score (nSPS) is 15.3. The summed E-state index contributed by atoms with van der Waals surface area (Å²) < 4.78 is 19.8. The number of nitrogens with one attached hydrogen (secondary N) is 2. The Bertz CT molecular complexity index is 903. The van der Waals surface area contributed by atoms with Gasteiger partial charge in [-0.1, -0.05) is 18.2 Å². The summed E-state index contributed by atoms with van der Waals surface area (Å²) in [4.78, 5) is 42.4. The maximum absolute atomic E-state index is 14.3. The third-order valence-electron chi connectivity index (χ3n) is 4.80. The second-order valence-electron chi connectivity index (χ2n) is 7.13. The largest absolute Gasteiger partial charge is 0.376 e. The molecule has 1 aromatic carbocycles. The number of rotatable bonds is 9. The van der Waals surface area contributed by atoms with E-state index in [9.17, 15) is 18.8 Å². The fraction of sp³-hybridized carbons (Fsp3) is 0.364. The summed E-state index contributed by atoms with van der Waals surface area (Å²) in [7, 11) is 0. The minimum atomic E-state index is -0.624. The van der Waals surface area contributed by atoms with Crippen LogP contribution in [0.15, 0.2) is 48.7 Å². The first-order chi connectivity index (χ1) is 15.0. The van der Waals surface area contributed by atoms with E-state index in [4.69, 9.17) is 4.74 Å². The van der Waals surface area contributed by atoms with E-state index in [1.165, 1.54) is 24.4 Å². The molecule has 9 heteroatoms. The van der Waals surface area contributed by atoms with Crippen LogP contribution in [-0.4, -0.2) is 48.5 Å². The zero-order valence-electron chi connectivity index (χ0n) is 17.1. The van der Waals surface area contributed by atoms with Crippen LogP contribution in [0.25, 0.3) is 0 Å². The Morgan fingerprint density at radius 2 is 1.90 bits per heavy atom. The molecule has 1 aliphatic rings. The highest BCUT2D eigenvalue weighted by atomic mass is 19.1. The van der Waals surface area contributed by atoms with Crippen LogP contribution in [0.3, 0.4) is 0 Å². The number of carbonyl (C=O) groups excluding carboxylic acids is 3. The van der Waals surface area contributed by atoms with E-state index in [0.717, 1.165) is 17.7 Å². The predicted molar refractivity (Wildman–Crippen MR) is 113 cm³/mol. The lowest BCUT2D eigenvalue weighted by Gasteiger charge is -2.23. The van der Waals surface area contributed by atoms with Gasteiger partial charge in [-0.15, -0.1) is 0 Å². The van der Waals surface area contributed by atoms with Gasteiger partial charge in [-0.05, 0) is 37.1 Å². The third kappa shape index (κ3) is 6.85. The molecule has 0 spiro atoms. The molecule has 8 nitrogen and oxygen atoms in total. The number of amides is 3. The number of benzene rings is 1. The minimum Gasteiger partial charge on any atom is -0.376 e. The zero-order chi connectivity index (χ0) is 22.1.